The third-order valence-electron chi connectivity index (χ3n) is 9.57. The van der Waals surface area contributed by atoms with Crippen LogP contribution in [-0.4, -0.2) is 34.5 Å². The van der Waals surface area contributed by atoms with Crippen LogP contribution in [0.3, 0.4) is 0 Å². The van der Waals surface area contributed by atoms with Gasteiger partial charge in [-0.25, -0.2) is 9.65 Å². The number of carbonyl (C=O) groups excluding carboxylic acids is 1. The molecule has 289 valence electrons. The number of benzene rings is 5. The first kappa shape index (κ1) is 41.8. The Kier molecular flexibility index (Phi) is 13.3. The van der Waals surface area contributed by atoms with Gasteiger partial charge in [0.15, 0.2) is 0 Å². The van der Waals surface area contributed by atoms with Gasteiger partial charge in [-0.2, -0.15) is 11.3 Å². The van der Waals surface area contributed by atoms with Crippen LogP contribution in [0.1, 0.15) is 29.8 Å². The minimum absolute atomic E-state index is 0. The Bertz CT molecular complexity index is 2640. The molecule has 1 N–H and O–H groups in total. The van der Waals surface area contributed by atoms with E-state index >= 15 is 0 Å². The predicted molar refractivity (Wildman–Crippen MR) is 230 cm³/mol. The fourth-order valence-corrected chi connectivity index (χ4v) is 10.3. The van der Waals surface area contributed by atoms with E-state index in [1.165, 1.54) is 44.6 Å². The van der Waals surface area contributed by atoms with Crippen molar-refractivity contribution < 1.29 is 39.4 Å². The average molecular weight is 1010 g/mol. The van der Waals surface area contributed by atoms with E-state index in [0.717, 1.165) is 54.8 Å². The number of fused-ring (bicyclic) bond motifs is 3. The van der Waals surface area contributed by atoms with Crippen LogP contribution in [0, 0.1) is 23.9 Å². The summed E-state index contributed by atoms with van der Waals surface area (Å²) in [5.41, 5.74) is 9.20. The molecule has 0 saturated heterocycles. The molecule has 57 heavy (non-hydrogen) atoms. The number of hydrogen-bond acceptors (Lipinski definition) is 6. The molecular weight excluding hydrogens is 968 g/mol. The van der Waals surface area contributed by atoms with E-state index in [-0.39, 0.29) is 31.5 Å². The quantitative estimate of drug-likeness (QED) is 0.0711. The van der Waals surface area contributed by atoms with E-state index in [9.17, 15) is 9.18 Å². The number of thiophene rings is 1. The zero-order valence-corrected chi connectivity index (χ0v) is 37.6. The first-order chi connectivity index (χ1) is 27.0. The molecule has 0 saturated carbocycles. The van der Waals surface area contributed by atoms with Gasteiger partial charge in [0.25, 0.3) is 0 Å². The zero-order chi connectivity index (χ0) is 39.4. The van der Waals surface area contributed by atoms with E-state index in [4.69, 9.17) is 5.26 Å². The number of halogens is 1. The summed E-state index contributed by atoms with van der Waals surface area (Å²) in [6.07, 6.45) is 4.77. The molecule has 0 aliphatic carbocycles. The fraction of sp³-hybridized carbons (Fsp3) is 0.146. The Morgan fingerprint density at radius 3 is 2.28 bits per heavy atom. The van der Waals surface area contributed by atoms with Crippen LogP contribution in [0.4, 0.5) is 4.39 Å². The van der Waals surface area contributed by atoms with Crippen LogP contribution in [-0.2, 0) is 31.4 Å². The SMILES string of the molecule is CC(C)Cc1ccnc(-c2[c-]cc(C(=O)OO)c3c2sc2c(-c4ccc(F)cc4)cccc23)c1.[CH3][Ge]([CH3])([CH3])[c]1ccc(-c2[c-]ccc(-c3ccccc3)c2)nc1.[Ir]. The maximum atomic E-state index is 13.5. The van der Waals surface area contributed by atoms with Crippen molar-refractivity contribution in [1.82, 2.24) is 9.97 Å². The van der Waals surface area contributed by atoms with E-state index < -0.39 is 19.2 Å². The van der Waals surface area contributed by atoms with Gasteiger partial charge >= 0.3 is 141 Å². The number of carbonyl (C=O) groups is 1. The Morgan fingerprint density at radius 2 is 1.60 bits per heavy atom. The summed E-state index contributed by atoms with van der Waals surface area (Å²) in [6, 6.07) is 45.3. The van der Waals surface area contributed by atoms with Gasteiger partial charge in [-0.15, -0.1) is 17.7 Å². The Morgan fingerprint density at radius 1 is 0.825 bits per heavy atom. The fourth-order valence-electron chi connectivity index (χ4n) is 6.73. The maximum absolute atomic E-state index is 13.5. The minimum atomic E-state index is -1.79. The van der Waals surface area contributed by atoms with E-state index in [0.29, 0.717) is 11.3 Å². The van der Waals surface area contributed by atoms with Crippen LogP contribution >= 0.6 is 11.3 Å². The number of nitrogens with zero attached hydrogens (tertiary/aromatic N) is 2. The normalized spacial score (nSPS) is 11.2. The minimum Gasteiger partial charge on any atom is 0 e. The molecule has 0 spiro atoms. The predicted octanol–water partition coefficient (Wildman–Crippen LogP) is 12.3. The molecule has 0 amide bonds. The molecule has 3 aromatic heterocycles. The second kappa shape index (κ2) is 18.2. The van der Waals surface area contributed by atoms with Crippen LogP contribution < -0.4 is 4.40 Å². The molecule has 0 aliphatic heterocycles. The Balaban J connectivity index is 0.000000207. The summed E-state index contributed by atoms with van der Waals surface area (Å²) in [7, 11) is 0. The van der Waals surface area contributed by atoms with Crippen molar-refractivity contribution in [2.75, 3.05) is 0 Å². The van der Waals surface area contributed by atoms with Crippen LogP contribution in [0.25, 0.3) is 64.9 Å². The van der Waals surface area contributed by atoms with Crippen molar-refractivity contribution >= 4 is 55.1 Å². The average Bonchev–Trinajstić information content (AvgIpc) is 3.61. The topological polar surface area (TPSA) is 72.3 Å². The first-order valence-corrected chi connectivity index (χ1v) is 26.7. The van der Waals surface area contributed by atoms with Gasteiger partial charge in [-0.3, -0.25) is 4.79 Å². The van der Waals surface area contributed by atoms with Crippen molar-refractivity contribution in [3.8, 4) is 44.8 Å². The molecule has 0 atom stereocenters. The summed E-state index contributed by atoms with van der Waals surface area (Å²) in [6.45, 7) is 4.34. The smallest absolute Gasteiger partial charge is 0 e. The van der Waals surface area contributed by atoms with Crippen LogP contribution in [0.5, 0.6) is 0 Å². The van der Waals surface area contributed by atoms with Gasteiger partial charge in [0.05, 0.1) is 0 Å². The number of rotatable bonds is 8. The molecule has 8 rings (SSSR count). The van der Waals surface area contributed by atoms with E-state index in [2.05, 4.69) is 119 Å². The van der Waals surface area contributed by atoms with Gasteiger partial charge in [-0.05, 0) is 63.0 Å². The summed E-state index contributed by atoms with van der Waals surface area (Å²) in [5.74, 6) is 6.52. The van der Waals surface area contributed by atoms with Gasteiger partial charge in [0.2, 0.25) is 0 Å². The van der Waals surface area contributed by atoms with Crippen molar-refractivity contribution in [3.05, 3.63) is 163 Å². The Hall–Kier alpha value is -4.83. The first-order valence-electron chi connectivity index (χ1n) is 18.5. The second-order valence-electron chi connectivity index (χ2n) is 15.1. The van der Waals surface area contributed by atoms with Crippen molar-refractivity contribution in [1.29, 1.82) is 0 Å². The number of hydrogen-bond donors (Lipinski definition) is 1. The molecular formula is C48H41FGeIrN2O3S-2. The molecule has 1 radical (unpaired) electrons. The monoisotopic (exact) mass is 1010 g/mol. The molecule has 5 nitrogen and oxygen atoms in total. The third kappa shape index (κ3) is 9.49. The molecule has 3 heterocycles. The van der Waals surface area contributed by atoms with Crippen molar-refractivity contribution in [2.24, 2.45) is 5.92 Å². The van der Waals surface area contributed by atoms with Gasteiger partial charge < -0.3 is 9.87 Å². The van der Waals surface area contributed by atoms with Crippen molar-refractivity contribution in [3.63, 3.8) is 0 Å². The molecule has 0 aliphatic rings. The van der Waals surface area contributed by atoms with Crippen LogP contribution in [0.15, 0.2) is 134 Å². The van der Waals surface area contributed by atoms with E-state index in [1.807, 2.05) is 36.4 Å². The summed E-state index contributed by atoms with van der Waals surface area (Å²) >= 11 is -0.274. The largest absolute Gasteiger partial charge is 0 e. The zero-order valence-electron chi connectivity index (χ0n) is 32.3. The summed E-state index contributed by atoms with van der Waals surface area (Å²) in [5, 5.41) is 10.6. The molecule has 0 unspecified atom stereocenters. The summed E-state index contributed by atoms with van der Waals surface area (Å²) < 4.78 is 16.7. The molecule has 9 heteroatoms. The van der Waals surface area contributed by atoms with Gasteiger partial charge in [0, 0.05) is 31.0 Å². The Labute approximate surface area is 353 Å². The maximum Gasteiger partial charge on any atom is 0 e. The molecule has 8 aromatic rings. The molecule has 5 aromatic carbocycles. The molecule has 0 fully saturated rings. The summed E-state index contributed by atoms with van der Waals surface area (Å²) in [4.78, 5) is 25.8. The third-order valence-corrected chi connectivity index (χ3v) is 15.1. The van der Waals surface area contributed by atoms with Crippen LogP contribution in [0.2, 0.25) is 17.3 Å². The van der Waals surface area contributed by atoms with Gasteiger partial charge in [-0.1, -0.05) is 61.2 Å². The van der Waals surface area contributed by atoms with E-state index in [1.54, 1.807) is 24.4 Å². The molecule has 0 bridgehead atoms. The van der Waals surface area contributed by atoms with Gasteiger partial charge in [0.1, 0.15) is 5.82 Å². The standard InChI is InChI=1S/C28H21FNO3S.C20H20GeN.Ir/c1-16(2)14-17-12-13-30-24(15-17)21-10-11-23(28(31)33-32)25-22-5-3-4-20(26(22)34-27(21)25)18-6-8-19(29)9-7-18;1-21(2,3)19-12-13-20(22-15-19)18-11-7-10-17(14-18)16-8-5-4-6-9-16;/h3-9,11-13,15-16,32H,14H2,1-2H3;4-10,12-15H,1-3H3;/q2*-1;. The van der Waals surface area contributed by atoms with Crippen molar-refractivity contribution in [2.45, 2.75) is 37.5 Å². The second-order valence-corrected chi connectivity index (χ2v) is 26.8. The number of pyridine rings is 2. The number of aromatic nitrogens is 2.